The first-order chi connectivity index (χ1) is 7.42. The van der Waals surface area contributed by atoms with Crippen molar-refractivity contribution >= 4 is 5.97 Å². The molecular weight excluding hydrogens is 214 g/mol. The van der Waals surface area contributed by atoms with Crippen molar-refractivity contribution in [2.75, 3.05) is 0 Å². The van der Waals surface area contributed by atoms with Crippen molar-refractivity contribution in [3.8, 4) is 0 Å². The van der Waals surface area contributed by atoms with E-state index in [2.05, 4.69) is 39.9 Å². The third-order valence-electron chi connectivity index (χ3n) is 2.81. The average Bonchev–Trinajstić information content (AvgIpc) is 1.97. The second kappa shape index (κ2) is 5.38. The van der Waals surface area contributed by atoms with Gasteiger partial charge in [0, 0.05) is 5.54 Å². The molecule has 0 saturated carbocycles. The number of rotatable bonds is 6. The molecule has 0 aromatic heterocycles. The summed E-state index contributed by atoms with van der Waals surface area (Å²) in [5.41, 5.74) is -0.827. The van der Waals surface area contributed by atoms with Crippen LogP contribution in [0.25, 0.3) is 0 Å². The lowest BCUT2D eigenvalue weighted by molar-refractivity contribution is -0.145. The highest BCUT2D eigenvalue weighted by Crippen LogP contribution is 2.29. The van der Waals surface area contributed by atoms with Crippen molar-refractivity contribution in [1.29, 1.82) is 0 Å². The van der Waals surface area contributed by atoms with Crippen molar-refractivity contribution < 1.29 is 9.90 Å². The summed E-state index contributed by atoms with van der Waals surface area (Å²) >= 11 is 0. The SMILES string of the molecule is CCCC(C)(NC(C)(C)CC(C)(C)C)C(=O)O. The van der Waals surface area contributed by atoms with Gasteiger partial charge in [-0.3, -0.25) is 10.1 Å². The molecule has 0 heterocycles. The second-order valence-corrected chi connectivity index (χ2v) is 7.13. The van der Waals surface area contributed by atoms with Gasteiger partial charge in [0.15, 0.2) is 0 Å². The Balaban J connectivity index is 4.81. The van der Waals surface area contributed by atoms with E-state index in [0.29, 0.717) is 6.42 Å². The Labute approximate surface area is 106 Å². The molecule has 17 heavy (non-hydrogen) atoms. The van der Waals surface area contributed by atoms with Crippen LogP contribution in [0.15, 0.2) is 0 Å². The number of carboxylic acid groups (broad SMARTS) is 1. The van der Waals surface area contributed by atoms with Gasteiger partial charge in [0.25, 0.3) is 0 Å². The van der Waals surface area contributed by atoms with Crippen LogP contribution in [0.4, 0.5) is 0 Å². The van der Waals surface area contributed by atoms with E-state index in [9.17, 15) is 9.90 Å². The van der Waals surface area contributed by atoms with Gasteiger partial charge in [-0.25, -0.2) is 0 Å². The largest absolute Gasteiger partial charge is 0.480 e. The quantitative estimate of drug-likeness (QED) is 0.751. The molecule has 0 fully saturated rings. The number of carbonyl (C=O) groups is 1. The third kappa shape index (κ3) is 6.06. The Morgan fingerprint density at radius 1 is 1.12 bits per heavy atom. The van der Waals surface area contributed by atoms with Crippen LogP contribution in [0.3, 0.4) is 0 Å². The summed E-state index contributed by atoms with van der Waals surface area (Å²) in [5.74, 6) is -0.763. The van der Waals surface area contributed by atoms with Crippen LogP contribution >= 0.6 is 0 Å². The topological polar surface area (TPSA) is 49.3 Å². The maximum atomic E-state index is 11.4. The fourth-order valence-corrected chi connectivity index (χ4v) is 2.84. The van der Waals surface area contributed by atoms with Crippen molar-refractivity contribution in [3.63, 3.8) is 0 Å². The van der Waals surface area contributed by atoms with E-state index in [0.717, 1.165) is 12.8 Å². The average molecular weight is 243 g/mol. The molecule has 0 aromatic carbocycles. The van der Waals surface area contributed by atoms with Gasteiger partial charge in [-0.05, 0) is 39.0 Å². The molecule has 1 atom stereocenters. The predicted molar refractivity (Wildman–Crippen MR) is 72.2 cm³/mol. The first-order valence-electron chi connectivity index (χ1n) is 6.45. The molecule has 0 aliphatic carbocycles. The number of hydrogen-bond acceptors (Lipinski definition) is 2. The lowest BCUT2D eigenvalue weighted by Crippen LogP contribution is -2.59. The van der Waals surface area contributed by atoms with E-state index in [1.54, 1.807) is 6.92 Å². The summed E-state index contributed by atoms with van der Waals surface area (Å²) in [7, 11) is 0. The maximum absolute atomic E-state index is 11.4. The lowest BCUT2D eigenvalue weighted by atomic mass is 9.80. The fraction of sp³-hybridized carbons (Fsp3) is 0.929. The Hall–Kier alpha value is -0.570. The van der Waals surface area contributed by atoms with Crippen LogP contribution in [-0.4, -0.2) is 22.2 Å². The molecule has 0 saturated heterocycles. The van der Waals surface area contributed by atoms with Crippen molar-refractivity contribution in [2.45, 2.75) is 78.8 Å². The number of nitrogens with one attached hydrogen (secondary N) is 1. The maximum Gasteiger partial charge on any atom is 0.323 e. The lowest BCUT2D eigenvalue weighted by Gasteiger charge is -2.40. The molecule has 0 aromatic rings. The van der Waals surface area contributed by atoms with Gasteiger partial charge >= 0.3 is 5.97 Å². The summed E-state index contributed by atoms with van der Waals surface area (Å²) in [6.07, 6.45) is 2.45. The zero-order chi connectivity index (χ0) is 13.9. The van der Waals surface area contributed by atoms with Crippen LogP contribution in [-0.2, 0) is 4.79 Å². The minimum absolute atomic E-state index is 0.180. The summed E-state index contributed by atoms with van der Waals surface area (Å²) < 4.78 is 0. The molecule has 3 heteroatoms. The minimum Gasteiger partial charge on any atom is -0.480 e. The molecule has 0 spiro atoms. The normalized spacial score (nSPS) is 16.6. The first-order valence-corrected chi connectivity index (χ1v) is 6.45. The Morgan fingerprint density at radius 3 is 1.88 bits per heavy atom. The van der Waals surface area contributed by atoms with E-state index in [4.69, 9.17) is 0 Å². The molecule has 3 nitrogen and oxygen atoms in total. The van der Waals surface area contributed by atoms with Crippen LogP contribution in [0, 0.1) is 5.41 Å². The summed E-state index contributed by atoms with van der Waals surface area (Å²) in [6.45, 7) is 14.5. The molecule has 0 rings (SSSR count). The summed E-state index contributed by atoms with van der Waals surface area (Å²) in [4.78, 5) is 11.4. The summed E-state index contributed by atoms with van der Waals surface area (Å²) in [6, 6.07) is 0. The zero-order valence-electron chi connectivity index (χ0n) is 12.5. The van der Waals surface area contributed by atoms with E-state index in [-0.39, 0.29) is 11.0 Å². The molecule has 0 aliphatic heterocycles. The van der Waals surface area contributed by atoms with Crippen LogP contribution in [0.5, 0.6) is 0 Å². The van der Waals surface area contributed by atoms with Gasteiger partial charge in [-0.2, -0.15) is 0 Å². The van der Waals surface area contributed by atoms with E-state index in [1.807, 2.05) is 6.92 Å². The number of aliphatic carboxylic acids is 1. The Morgan fingerprint density at radius 2 is 1.59 bits per heavy atom. The molecule has 102 valence electrons. The summed E-state index contributed by atoms with van der Waals surface area (Å²) in [5, 5.41) is 12.7. The van der Waals surface area contributed by atoms with E-state index in [1.165, 1.54) is 0 Å². The van der Waals surface area contributed by atoms with Crippen LogP contribution in [0.1, 0.15) is 67.7 Å². The predicted octanol–water partition coefficient (Wildman–Crippen LogP) is 3.43. The minimum atomic E-state index is -0.830. The highest BCUT2D eigenvalue weighted by Gasteiger charge is 2.38. The second-order valence-electron chi connectivity index (χ2n) is 7.13. The number of hydrogen-bond donors (Lipinski definition) is 2. The van der Waals surface area contributed by atoms with Crippen molar-refractivity contribution in [1.82, 2.24) is 5.32 Å². The molecule has 2 N–H and O–H groups in total. The van der Waals surface area contributed by atoms with Crippen molar-refractivity contribution in [2.24, 2.45) is 5.41 Å². The highest BCUT2D eigenvalue weighted by atomic mass is 16.4. The van der Waals surface area contributed by atoms with Crippen LogP contribution < -0.4 is 5.32 Å². The molecule has 0 aliphatic rings. The zero-order valence-corrected chi connectivity index (χ0v) is 12.5. The van der Waals surface area contributed by atoms with Gasteiger partial charge < -0.3 is 5.11 Å². The molecule has 0 radical (unpaired) electrons. The first kappa shape index (κ1) is 16.4. The fourth-order valence-electron chi connectivity index (χ4n) is 2.84. The van der Waals surface area contributed by atoms with Gasteiger partial charge in [-0.1, -0.05) is 34.1 Å². The monoisotopic (exact) mass is 243 g/mol. The molecule has 0 amide bonds. The third-order valence-corrected chi connectivity index (χ3v) is 2.81. The standard InChI is InChI=1S/C14H29NO2/c1-8-9-14(7,11(16)17)15-13(5,6)10-12(2,3)4/h15H,8-10H2,1-7H3,(H,16,17). The smallest absolute Gasteiger partial charge is 0.323 e. The van der Waals surface area contributed by atoms with E-state index >= 15 is 0 Å². The van der Waals surface area contributed by atoms with Gasteiger partial charge in [0.2, 0.25) is 0 Å². The van der Waals surface area contributed by atoms with Gasteiger partial charge in [0.1, 0.15) is 5.54 Å². The number of carboxylic acids is 1. The Kier molecular flexibility index (Phi) is 5.20. The molecule has 1 unspecified atom stereocenters. The molecular formula is C14H29NO2. The van der Waals surface area contributed by atoms with Gasteiger partial charge in [0.05, 0.1) is 0 Å². The highest BCUT2D eigenvalue weighted by molar-refractivity contribution is 5.78. The van der Waals surface area contributed by atoms with Crippen LogP contribution in [0.2, 0.25) is 0 Å². The van der Waals surface area contributed by atoms with Crippen molar-refractivity contribution in [3.05, 3.63) is 0 Å². The van der Waals surface area contributed by atoms with E-state index < -0.39 is 11.5 Å². The Bertz CT molecular complexity index is 266. The van der Waals surface area contributed by atoms with Gasteiger partial charge in [-0.15, -0.1) is 0 Å². The molecule has 0 bridgehead atoms.